The number of benzene rings is 1. The van der Waals surface area contributed by atoms with Crippen LogP contribution in [0.3, 0.4) is 0 Å². The number of amides is 1. The van der Waals surface area contributed by atoms with Crippen LogP contribution in [0, 0.1) is 5.82 Å². The molecule has 1 heterocycles. The Bertz CT molecular complexity index is 546. The van der Waals surface area contributed by atoms with Crippen molar-refractivity contribution in [3.8, 4) is 0 Å². The molecule has 1 N–H and O–H groups in total. The maximum Gasteiger partial charge on any atom is 0.410 e. The van der Waals surface area contributed by atoms with Gasteiger partial charge in [-0.1, -0.05) is 12.1 Å². The second kappa shape index (κ2) is 10.0. The number of aryl methyl sites for hydroxylation is 1. The lowest BCUT2D eigenvalue weighted by molar-refractivity contribution is -0.136. The Hall–Kier alpha value is -2.11. The number of ether oxygens (including phenoxy) is 1. The normalized spacial score (nSPS) is 14.3. The topological polar surface area (TPSA) is 66.8 Å². The molecule has 0 spiro atoms. The van der Waals surface area contributed by atoms with Gasteiger partial charge in [0.25, 0.3) is 0 Å². The van der Waals surface area contributed by atoms with Crippen LogP contribution >= 0.6 is 0 Å². The third-order valence-electron chi connectivity index (χ3n) is 3.55. The second-order valence-electron chi connectivity index (χ2n) is 7.05. The fraction of sp³-hybridized carbons (Fsp3) is 0.579. The van der Waals surface area contributed by atoms with E-state index in [9.17, 15) is 14.0 Å². The number of carboxylic acids is 1. The van der Waals surface area contributed by atoms with E-state index in [2.05, 4.69) is 0 Å². The van der Waals surface area contributed by atoms with Crippen molar-refractivity contribution >= 4 is 12.1 Å². The van der Waals surface area contributed by atoms with E-state index in [4.69, 9.17) is 9.84 Å². The number of hydrogen-bond acceptors (Lipinski definition) is 3. The molecule has 5 nitrogen and oxygen atoms in total. The zero-order valence-corrected chi connectivity index (χ0v) is 15.3. The average Bonchev–Trinajstić information content (AvgIpc) is 2.54. The van der Waals surface area contributed by atoms with E-state index in [-0.39, 0.29) is 23.9 Å². The SMILES string of the molecule is CC(C)(C)OC(=O)N1CCCCC1.O=C(O)CCc1ccc(F)cc1. The van der Waals surface area contributed by atoms with Crippen molar-refractivity contribution in [3.05, 3.63) is 35.6 Å². The van der Waals surface area contributed by atoms with E-state index in [0.29, 0.717) is 6.42 Å². The lowest BCUT2D eigenvalue weighted by Crippen LogP contribution is -2.39. The lowest BCUT2D eigenvalue weighted by Gasteiger charge is -2.29. The van der Waals surface area contributed by atoms with Gasteiger partial charge in [-0.25, -0.2) is 9.18 Å². The summed E-state index contributed by atoms with van der Waals surface area (Å²) in [6.07, 6.45) is 3.84. The number of piperidine rings is 1. The maximum atomic E-state index is 12.4. The summed E-state index contributed by atoms with van der Waals surface area (Å²) < 4.78 is 17.6. The molecule has 6 heteroatoms. The van der Waals surface area contributed by atoms with Crippen molar-refractivity contribution in [2.75, 3.05) is 13.1 Å². The molecule has 1 fully saturated rings. The highest BCUT2D eigenvalue weighted by Crippen LogP contribution is 2.14. The number of carboxylic acid groups (broad SMARTS) is 1. The quantitative estimate of drug-likeness (QED) is 0.882. The molecular weight excluding hydrogens is 325 g/mol. The Morgan fingerprint density at radius 1 is 1.12 bits per heavy atom. The van der Waals surface area contributed by atoms with Crippen LogP contribution in [0.4, 0.5) is 9.18 Å². The minimum Gasteiger partial charge on any atom is -0.481 e. The van der Waals surface area contributed by atoms with Crippen LogP contribution in [0.1, 0.15) is 52.0 Å². The summed E-state index contributed by atoms with van der Waals surface area (Å²) in [5.74, 6) is -1.13. The molecule has 0 radical (unpaired) electrons. The van der Waals surface area contributed by atoms with Crippen LogP contribution in [-0.4, -0.2) is 40.8 Å². The van der Waals surface area contributed by atoms with Crippen LogP contribution in [0.5, 0.6) is 0 Å². The highest BCUT2D eigenvalue weighted by molar-refractivity contribution is 5.68. The van der Waals surface area contributed by atoms with Gasteiger partial charge in [-0.2, -0.15) is 0 Å². The lowest BCUT2D eigenvalue weighted by atomic mass is 10.1. The van der Waals surface area contributed by atoms with E-state index in [1.54, 1.807) is 17.0 Å². The van der Waals surface area contributed by atoms with Gasteiger partial charge in [0.05, 0.1) is 0 Å². The molecule has 25 heavy (non-hydrogen) atoms. The Kier molecular flexibility index (Phi) is 8.38. The summed E-state index contributed by atoms with van der Waals surface area (Å²) in [6, 6.07) is 5.85. The molecule has 1 aromatic carbocycles. The number of halogens is 1. The largest absolute Gasteiger partial charge is 0.481 e. The molecule has 0 unspecified atom stereocenters. The van der Waals surface area contributed by atoms with Gasteiger partial charge in [-0.3, -0.25) is 4.79 Å². The Morgan fingerprint density at radius 3 is 2.16 bits per heavy atom. The van der Waals surface area contributed by atoms with Crippen molar-refractivity contribution in [3.63, 3.8) is 0 Å². The minimum atomic E-state index is -0.834. The van der Waals surface area contributed by atoms with Gasteiger partial charge in [-0.15, -0.1) is 0 Å². The third-order valence-corrected chi connectivity index (χ3v) is 3.55. The summed E-state index contributed by atoms with van der Waals surface area (Å²) in [6.45, 7) is 7.41. The van der Waals surface area contributed by atoms with Crippen molar-refractivity contribution in [1.82, 2.24) is 4.90 Å². The van der Waals surface area contributed by atoms with Crippen molar-refractivity contribution < 1.29 is 23.8 Å². The van der Waals surface area contributed by atoms with Crippen LogP contribution in [0.2, 0.25) is 0 Å². The molecule has 1 saturated heterocycles. The Balaban J connectivity index is 0.000000251. The van der Waals surface area contributed by atoms with Crippen LogP contribution < -0.4 is 0 Å². The second-order valence-corrected chi connectivity index (χ2v) is 7.05. The van der Waals surface area contributed by atoms with E-state index in [0.717, 1.165) is 31.5 Å². The van der Waals surface area contributed by atoms with Crippen LogP contribution in [0.15, 0.2) is 24.3 Å². The first-order valence-electron chi connectivity index (χ1n) is 8.61. The molecule has 0 bridgehead atoms. The molecule has 1 aliphatic heterocycles. The molecule has 1 amide bonds. The van der Waals surface area contributed by atoms with E-state index < -0.39 is 5.97 Å². The average molecular weight is 353 g/mol. The van der Waals surface area contributed by atoms with E-state index in [1.165, 1.54) is 18.6 Å². The maximum absolute atomic E-state index is 12.4. The van der Waals surface area contributed by atoms with E-state index in [1.807, 2.05) is 20.8 Å². The number of hydrogen-bond donors (Lipinski definition) is 1. The molecule has 140 valence electrons. The fourth-order valence-corrected chi connectivity index (χ4v) is 2.31. The predicted molar refractivity (Wildman–Crippen MR) is 94.0 cm³/mol. The third kappa shape index (κ3) is 9.69. The number of nitrogens with zero attached hydrogens (tertiary/aromatic N) is 1. The Morgan fingerprint density at radius 2 is 1.68 bits per heavy atom. The van der Waals surface area contributed by atoms with Gasteiger partial charge in [0.2, 0.25) is 0 Å². The zero-order chi connectivity index (χ0) is 18.9. The summed E-state index contributed by atoms with van der Waals surface area (Å²) in [4.78, 5) is 23.5. The first-order chi connectivity index (χ1) is 11.7. The van der Waals surface area contributed by atoms with Gasteiger partial charge < -0.3 is 14.7 Å². The highest BCUT2D eigenvalue weighted by Gasteiger charge is 2.22. The zero-order valence-electron chi connectivity index (χ0n) is 15.3. The molecule has 0 saturated carbocycles. The number of aliphatic carboxylic acids is 1. The van der Waals surface area contributed by atoms with Crippen molar-refractivity contribution in [1.29, 1.82) is 0 Å². The van der Waals surface area contributed by atoms with Crippen LogP contribution in [-0.2, 0) is 16.0 Å². The number of carbonyl (C=O) groups is 2. The highest BCUT2D eigenvalue weighted by atomic mass is 19.1. The van der Waals surface area contributed by atoms with E-state index >= 15 is 0 Å². The molecule has 0 aromatic heterocycles. The van der Waals surface area contributed by atoms with Gasteiger partial charge in [0.1, 0.15) is 11.4 Å². The summed E-state index contributed by atoms with van der Waals surface area (Å²) in [5, 5.41) is 8.36. The van der Waals surface area contributed by atoms with Gasteiger partial charge in [-0.05, 0) is 64.2 Å². The smallest absolute Gasteiger partial charge is 0.410 e. The number of carbonyl (C=O) groups excluding carboxylic acids is 1. The summed E-state index contributed by atoms with van der Waals surface area (Å²) in [5.41, 5.74) is 0.480. The van der Waals surface area contributed by atoms with Crippen molar-refractivity contribution in [2.45, 2.75) is 58.5 Å². The summed E-state index contributed by atoms with van der Waals surface area (Å²) in [7, 11) is 0. The molecule has 1 aromatic rings. The summed E-state index contributed by atoms with van der Waals surface area (Å²) >= 11 is 0. The monoisotopic (exact) mass is 353 g/mol. The predicted octanol–water partition coefficient (Wildman–Crippen LogP) is 4.25. The number of likely N-dealkylation sites (tertiary alicyclic amines) is 1. The molecule has 0 aliphatic carbocycles. The van der Waals surface area contributed by atoms with Gasteiger partial charge >= 0.3 is 12.1 Å². The van der Waals surface area contributed by atoms with Crippen molar-refractivity contribution in [2.24, 2.45) is 0 Å². The number of rotatable bonds is 3. The van der Waals surface area contributed by atoms with Gasteiger partial charge in [0, 0.05) is 19.5 Å². The first kappa shape index (κ1) is 20.9. The molecule has 2 rings (SSSR count). The first-order valence-corrected chi connectivity index (χ1v) is 8.61. The molecule has 1 aliphatic rings. The minimum absolute atomic E-state index is 0.0889. The van der Waals surface area contributed by atoms with Crippen LogP contribution in [0.25, 0.3) is 0 Å². The standard InChI is InChI=1S/C10H19NO2.C9H9FO2/c1-10(2,3)13-9(12)11-7-5-4-6-8-11;10-8-4-1-7(2-5-8)3-6-9(11)12/h4-8H2,1-3H3;1-2,4-5H,3,6H2,(H,11,12). The molecular formula is C19H28FNO4. The molecule has 0 atom stereocenters. The Labute approximate surface area is 148 Å². The fourth-order valence-electron chi connectivity index (χ4n) is 2.31. The van der Waals surface area contributed by atoms with Gasteiger partial charge in [0.15, 0.2) is 0 Å².